The Labute approximate surface area is 120 Å². The number of benzene rings is 2. The molecule has 2 aromatic carbocycles. The van der Waals surface area contributed by atoms with Gasteiger partial charge in [-0.05, 0) is 31.2 Å². The Balaban J connectivity index is 2.58. The number of aryl methyl sites for hydroxylation is 1. The topological polar surface area (TPSA) is 12.0 Å². The van der Waals surface area contributed by atoms with Gasteiger partial charge >= 0.3 is 0 Å². The molecule has 1 atom stereocenters. The van der Waals surface area contributed by atoms with Crippen LogP contribution in [-0.4, -0.2) is 7.05 Å². The van der Waals surface area contributed by atoms with E-state index in [0.717, 1.165) is 5.56 Å². The Morgan fingerprint density at radius 3 is 2.15 bits per heavy atom. The first-order valence-corrected chi connectivity index (χ1v) is 6.39. The van der Waals surface area contributed by atoms with Crippen LogP contribution in [0, 0.1) is 24.4 Å². The molecule has 0 bridgehead atoms. The minimum absolute atomic E-state index is 0.250. The van der Waals surface area contributed by atoms with E-state index in [0.29, 0.717) is 22.7 Å². The van der Waals surface area contributed by atoms with Crippen LogP contribution in [0.25, 0.3) is 0 Å². The van der Waals surface area contributed by atoms with E-state index in [1.54, 1.807) is 25.2 Å². The predicted octanol–water partition coefficient (Wildman–Crippen LogP) is 4.37. The summed E-state index contributed by atoms with van der Waals surface area (Å²) in [7, 11) is 1.56. The van der Waals surface area contributed by atoms with Crippen molar-refractivity contribution in [2.75, 3.05) is 7.05 Å². The normalized spacial score (nSPS) is 12.5. The van der Waals surface area contributed by atoms with Crippen LogP contribution in [0.5, 0.6) is 0 Å². The lowest BCUT2D eigenvalue weighted by Crippen LogP contribution is -2.21. The molecule has 2 aromatic rings. The molecule has 5 heteroatoms. The van der Waals surface area contributed by atoms with E-state index in [2.05, 4.69) is 5.32 Å². The predicted molar refractivity (Wildman–Crippen MR) is 73.4 cm³/mol. The molecule has 0 amide bonds. The van der Waals surface area contributed by atoms with Gasteiger partial charge in [0.1, 0.15) is 17.5 Å². The second-order valence-electron chi connectivity index (χ2n) is 4.53. The van der Waals surface area contributed by atoms with Gasteiger partial charge in [0.05, 0.1) is 6.04 Å². The summed E-state index contributed by atoms with van der Waals surface area (Å²) in [6.45, 7) is 1.86. The van der Waals surface area contributed by atoms with Gasteiger partial charge in [0.2, 0.25) is 0 Å². The highest BCUT2D eigenvalue weighted by atomic mass is 35.5. The Hall–Kier alpha value is -1.52. The minimum Gasteiger partial charge on any atom is -0.309 e. The van der Waals surface area contributed by atoms with E-state index in [-0.39, 0.29) is 5.56 Å². The Morgan fingerprint density at radius 1 is 1.05 bits per heavy atom. The third-order valence-electron chi connectivity index (χ3n) is 3.09. The summed E-state index contributed by atoms with van der Waals surface area (Å²) in [5.41, 5.74) is 1.22. The van der Waals surface area contributed by atoms with Gasteiger partial charge in [0.25, 0.3) is 0 Å². The lowest BCUT2D eigenvalue weighted by atomic mass is 9.96. The van der Waals surface area contributed by atoms with E-state index in [9.17, 15) is 13.2 Å². The van der Waals surface area contributed by atoms with Crippen LogP contribution in [0.1, 0.15) is 22.7 Å². The molecule has 0 aliphatic carbocycles. The Morgan fingerprint density at radius 2 is 1.65 bits per heavy atom. The van der Waals surface area contributed by atoms with Crippen LogP contribution < -0.4 is 5.32 Å². The van der Waals surface area contributed by atoms with Crippen molar-refractivity contribution in [3.05, 3.63) is 69.5 Å². The zero-order valence-corrected chi connectivity index (χ0v) is 11.7. The van der Waals surface area contributed by atoms with Crippen molar-refractivity contribution < 1.29 is 13.2 Å². The van der Waals surface area contributed by atoms with Gasteiger partial charge in [-0.25, -0.2) is 13.2 Å². The van der Waals surface area contributed by atoms with Gasteiger partial charge in [-0.2, -0.15) is 0 Å². The highest BCUT2D eigenvalue weighted by Gasteiger charge is 2.23. The molecule has 1 N–H and O–H groups in total. The molecule has 2 rings (SSSR count). The Bertz CT molecular complexity index is 620. The van der Waals surface area contributed by atoms with Crippen LogP contribution in [0.15, 0.2) is 30.3 Å². The fourth-order valence-electron chi connectivity index (χ4n) is 2.15. The summed E-state index contributed by atoms with van der Waals surface area (Å²) in [6.07, 6.45) is 0. The highest BCUT2D eigenvalue weighted by Crippen LogP contribution is 2.32. The van der Waals surface area contributed by atoms with Crippen LogP contribution in [0.3, 0.4) is 0 Å². The van der Waals surface area contributed by atoms with Crippen LogP contribution in [0.2, 0.25) is 5.02 Å². The maximum Gasteiger partial charge on any atom is 0.134 e. The van der Waals surface area contributed by atoms with E-state index >= 15 is 0 Å². The Kier molecular flexibility index (Phi) is 4.35. The van der Waals surface area contributed by atoms with Crippen molar-refractivity contribution in [3.8, 4) is 0 Å². The summed E-state index contributed by atoms with van der Waals surface area (Å²) in [5.74, 6) is -2.84. The summed E-state index contributed by atoms with van der Waals surface area (Å²) in [6, 6.07) is 5.73. The van der Waals surface area contributed by atoms with Crippen molar-refractivity contribution in [1.29, 1.82) is 0 Å². The molecule has 0 heterocycles. The van der Waals surface area contributed by atoms with Crippen molar-refractivity contribution in [2.24, 2.45) is 0 Å². The molecule has 1 unspecified atom stereocenters. The number of halogens is 4. The molecule has 0 spiro atoms. The number of rotatable bonds is 3. The SMILES string of the molecule is CNC(c1ccc(C)cc1Cl)c1c(F)cc(F)cc1F. The molecule has 0 aliphatic rings. The maximum absolute atomic E-state index is 13.9. The molecule has 0 saturated heterocycles. The largest absolute Gasteiger partial charge is 0.309 e. The monoisotopic (exact) mass is 299 g/mol. The van der Waals surface area contributed by atoms with Gasteiger partial charge in [0.15, 0.2) is 0 Å². The first-order valence-electron chi connectivity index (χ1n) is 6.01. The standard InChI is InChI=1S/C15H13ClF3N/c1-8-3-4-10(11(16)5-8)15(20-2)14-12(18)6-9(17)7-13(14)19/h3-7,15,20H,1-2H3. The molecule has 0 fully saturated rings. The second-order valence-corrected chi connectivity index (χ2v) is 4.94. The summed E-state index contributed by atoms with van der Waals surface area (Å²) >= 11 is 6.13. The summed E-state index contributed by atoms with van der Waals surface area (Å²) < 4.78 is 40.7. The lowest BCUT2D eigenvalue weighted by Gasteiger charge is -2.20. The van der Waals surface area contributed by atoms with Gasteiger partial charge < -0.3 is 5.32 Å². The average Bonchev–Trinajstić information content (AvgIpc) is 2.34. The van der Waals surface area contributed by atoms with Gasteiger partial charge in [-0.1, -0.05) is 23.7 Å². The van der Waals surface area contributed by atoms with Crippen LogP contribution in [0.4, 0.5) is 13.2 Å². The first-order chi connectivity index (χ1) is 9.43. The van der Waals surface area contributed by atoms with Crippen molar-refractivity contribution in [3.63, 3.8) is 0 Å². The molecule has 0 aliphatic heterocycles. The van der Waals surface area contributed by atoms with Crippen LogP contribution >= 0.6 is 11.6 Å². The van der Waals surface area contributed by atoms with Gasteiger partial charge in [-0.15, -0.1) is 0 Å². The van der Waals surface area contributed by atoms with E-state index < -0.39 is 23.5 Å². The third-order valence-corrected chi connectivity index (χ3v) is 3.42. The molecule has 1 nitrogen and oxygen atoms in total. The molecular formula is C15H13ClF3N. The lowest BCUT2D eigenvalue weighted by molar-refractivity contribution is 0.500. The first kappa shape index (κ1) is 14.9. The summed E-state index contributed by atoms with van der Waals surface area (Å²) in [4.78, 5) is 0. The minimum atomic E-state index is -0.950. The fraction of sp³-hybridized carbons (Fsp3) is 0.200. The third kappa shape index (κ3) is 2.81. The molecular weight excluding hydrogens is 287 g/mol. The quantitative estimate of drug-likeness (QED) is 0.887. The fourth-order valence-corrected chi connectivity index (χ4v) is 2.49. The van der Waals surface area contributed by atoms with Crippen LogP contribution in [-0.2, 0) is 0 Å². The van der Waals surface area contributed by atoms with E-state index in [1.807, 2.05) is 6.92 Å². The van der Waals surface area contributed by atoms with Gasteiger partial charge in [0, 0.05) is 22.7 Å². The second kappa shape index (κ2) is 5.85. The molecule has 0 radical (unpaired) electrons. The smallest absolute Gasteiger partial charge is 0.134 e. The molecule has 0 saturated carbocycles. The number of hydrogen-bond donors (Lipinski definition) is 1. The van der Waals surface area contributed by atoms with E-state index in [4.69, 9.17) is 11.6 Å². The van der Waals surface area contributed by atoms with E-state index in [1.165, 1.54) is 0 Å². The molecule has 106 valence electrons. The zero-order valence-electron chi connectivity index (χ0n) is 11.0. The average molecular weight is 300 g/mol. The van der Waals surface area contributed by atoms with Crippen molar-refractivity contribution >= 4 is 11.6 Å². The van der Waals surface area contributed by atoms with Crippen molar-refractivity contribution in [1.82, 2.24) is 5.32 Å². The molecule has 20 heavy (non-hydrogen) atoms. The maximum atomic E-state index is 13.9. The number of nitrogens with one attached hydrogen (secondary N) is 1. The zero-order chi connectivity index (χ0) is 14.9. The van der Waals surface area contributed by atoms with Crippen molar-refractivity contribution in [2.45, 2.75) is 13.0 Å². The number of hydrogen-bond acceptors (Lipinski definition) is 1. The highest BCUT2D eigenvalue weighted by molar-refractivity contribution is 6.31. The summed E-state index contributed by atoms with van der Waals surface area (Å²) in [5, 5.41) is 3.20. The molecule has 0 aromatic heterocycles. The van der Waals surface area contributed by atoms with Gasteiger partial charge in [-0.3, -0.25) is 0 Å².